The zero-order valence-corrected chi connectivity index (χ0v) is 11.7. The third-order valence-corrected chi connectivity index (χ3v) is 3.72. The summed E-state index contributed by atoms with van der Waals surface area (Å²) in [6, 6.07) is 5.13. The van der Waals surface area contributed by atoms with E-state index in [9.17, 15) is 8.42 Å². The molecule has 0 radical (unpaired) electrons. The summed E-state index contributed by atoms with van der Waals surface area (Å²) in [6.07, 6.45) is 4.97. The highest BCUT2D eigenvalue weighted by molar-refractivity contribution is 7.91. The van der Waals surface area contributed by atoms with Crippen molar-refractivity contribution in [2.24, 2.45) is 0 Å². The molecule has 0 amide bonds. The van der Waals surface area contributed by atoms with E-state index in [0.717, 1.165) is 0 Å². The van der Waals surface area contributed by atoms with E-state index in [2.05, 4.69) is 5.92 Å². The van der Waals surface area contributed by atoms with Crippen LogP contribution in [0.25, 0.3) is 0 Å². The molecular weight excluding hydrogens is 268 g/mol. The van der Waals surface area contributed by atoms with E-state index in [1.54, 1.807) is 18.2 Å². The first-order valence-corrected chi connectivity index (χ1v) is 7.34. The van der Waals surface area contributed by atoms with E-state index in [-0.39, 0.29) is 18.1 Å². The van der Waals surface area contributed by atoms with Gasteiger partial charge in [-0.05, 0) is 12.1 Å². The number of sulfone groups is 1. The largest absolute Gasteiger partial charge is 0.493 e. The standard InChI is InChI=1S/C13H16O5S/c1-4-9-19(14,15)10-8-18-12-7-5-6-11(16-2)13(12)17-3/h1,5-7H,8-10H2,2-3H3. The molecule has 1 rings (SSSR count). The summed E-state index contributed by atoms with van der Waals surface area (Å²) >= 11 is 0. The van der Waals surface area contributed by atoms with Gasteiger partial charge in [0.15, 0.2) is 21.3 Å². The van der Waals surface area contributed by atoms with E-state index in [4.69, 9.17) is 20.6 Å². The molecule has 104 valence electrons. The predicted octanol–water partition coefficient (Wildman–Crippen LogP) is 1.13. The Kier molecular flexibility index (Phi) is 5.52. The number of methoxy groups -OCH3 is 2. The SMILES string of the molecule is C#CCS(=O)(=O)CCOc1cccc(OC)c1OC. The summed E-state index contributed by atoms with van der Waals surface area (Å²) in [4.78, 5) is 0. The van der Waals surface area contributed by atoms with Crippen molar-refractivity contribution < 1.29 is 22.6 Å². The molecule has 0 heterocycles. The minimum Gasteiger partial charge on any atom is -0.493 e. The number of hydrogen-bond donors (Lipinski definition) is 0. The average Bonchev–Trinajstić information content (AvgIpc) is 2.38. The Morgan fingerprint density at radius 3 is 2.47 bits per heavy atom. The van der Waals surface area contributed by atoms with Crippen molar-refractivity contribution >= 4 is 9.84 Å². The zero-order valence-electron chi connectivity index (χ0n) is 10.9. The lowest BCUT2D eigenvalue weighted by Gasteiger charge is -2.13. The molecular formula is C13H16O5S. The molecule has 0 aliphatic carbocycles. The van der Waals surface area contributed by atoms with Crippen LogP contribution in [0.5, 0.6) is 17.2 Å². The molecule has 0 saturated carbocycles. The Balaban J connectivity index is 2.71. The van der Waals surface area contributed by atoms with Crippen LogP contribution in [-0.2, 0) is 9.84 Å². The van der Waals surface area contributed by atoms with Crippen molar-refractivity contribution in [3.05, 3.63) is 18.2 Å². The molecule has 0 atom stereocenters. The van der Waals surface area contributed by atoms with Gasteiger partial charge in [-0.25, -0.2) is 8.42 Å². The topological polar surface area (TPSA) is 61.8 Å². The zero-order chi connectivity index (χ0) is 14.3. The maximum absolute atomic E-state index is 11.4. The van der Waals surface area contributed by atoms with Crippen molar-refractivity contribution in [1.29, 1.82) is 0 Å². The van der Waals surface area contributed by atoms with Crippen LogP contribution < -0.4 is 14.2 Å². The van der Waals surface area contributed by atoms with Gasteiger partial charge in [-0.3, -0.25) is 0 Å². The maximum atomic E-state index is 11.4. The van der Waals surface area contributed by atoms with E-state index in [1.165, 1.54) is 14.2 Å². The lowest BCUT2D eigenvalue weighted by Crippen LogP contribution is -2.16. The number of terminal acetylenes is 1. The Labute approximate surface area is 113 Å². The fourth-order valence-electron chi connectivity index (χ4n) is 1.45. The molecule has 1 aromatic carbocycles. The van der Waals surface area contributed by atoms with Crippen LogP contribution in [0.2, 0.25) is 0 Å². The van der Waals surface area contributed by atoms with E-state index < -0.39 is 9.84 Å². The Bertz CT molecular complexity index is 557. The second kappa shape index (κ2) is 6.90. The summed E-state index contributed by atoms with van der Waals surface area (Å²) in [7, 11) is -0.271. The maximum Gasteiger partial charge on any atom is 0.203 e. The molecule has 0 saturated heterocycles. The van der Waals surface area contributed by atoms with Crippen molar-refractivity contribution in [3.63, 3.8) is 0 Å². The molecule has 0 spiro atoms. The van der Waals surface area contributed by atoms with Gasteiger partial charge in [-0.1, -0.05) is 12.0 Å². The number of benzene rings is 1. The van der Waals surface area contributed by atoms with Crippen molar-refractivity contribution in [3.8, 4) is 29.6 Å². The van der Waals surface area contributed by atoms with Crippen LogP contribution in [0.15, 0.2) is 18.2 Å². The van der Waals surface area contributed by atoms with Crippen LogP contribution in [0.1, 0.15) is 0 Å². The van der Waals surface area contributed by atoms with Gasteiger partial charge in [0.1, 0.15) is 12.4 Å². The highest BCUT2D eigenvalue weighted by Gasteiger charge is 2.13. The lowest BCUT2D eigenvalue weighted by molar-refractivity contribution is 0.297. The molecule has 0 bridgehead atoms. The van der Waals surface area contributed by atoms with E-state index >= 15 is 0 Å². The van der Waals surface area contributed by atoms with Gasteiger partial charge in [0.25, 0.3) is 0 Å². The molecule has 19 heavy (non-hydrogen) atoms. The fraction of sp³-hybridized carbons (Fsp3) is 0.385. The summed E-state index contributed by atoms with van der Waals surface area (Å²) in [6.45, 7) is 0.00748. The average molecular weight is 284 g/mol. The molecule has 0 fully saturated rings. The quantitative estimate of drug-likeness (QED) is 0.702. The van der Waals surface area contributed by atoms with Gasteiger partial charge >= 0.3 is 0 Å². The van der Waals surface area contributed by atoms with Crippen molar-refractivity contribution in [2.45, 2.75) is 0 Å². The summed E-state index contributed by atoms with van der Waals surface area (Å²) in [5.41, 5.74) is 0. The molecule has 1 aromatic rings. The van der Waals surface area contributed by atoms with Crippen LogP contribution in [0, 0.1) is 12.3 Å². The first-order chi connectivity index (χ1) is 9.04. The number of para-hydroxylation sites is 1. The highest BCUT2D eigenvalue weighted by Crippen LogP contribution is 2.36. The summed E-state index contributed by atoms with van der Waals surface area (Å²) < 4.78 is 38.5. The third kappa shape index (κ3) is 4.38. The van der Waals surface area contributed by atoms with Gasteiger partial charge in [0.05, 0.1) is 20.0 Å². The molecule has 0 aliphatic heterocycles. The molecule has 0 unspecified atom stereocenters. The van der Waals surface area contributed by atoms with Crippen molar-refractivity contribution in [1.82, 2.24) is 0 Å². The van der Waals surface area contributed by atoms with Gasteiger partial charge in [-0.2, -0.15) is 0 Å². The summed E-state index contributed by atoms with van der Waals surface area (Å²) in [5, 5.41) is 0. The first-order valence-electron chi connectivity index (χ1n) is 5.51. The minimum absolute atomic E-state index is 0.00748. The molecule has 0 aromatic heterocycles. The molecule has 0 N–H and O–H groups in total. The highest BCUT2D eigenvalue weighted by atomic mass is 32.2. The number of rotatable bonds is 7. The Morgan fingerprint density at radius 1 is 1.21 bits per heavy atom. The second-order valence-electron chi connectivity index (χ2n) is 3.64. The molecule has 0 aliphatic rings. The van der Waals surface area contributed by atoms with Gasteiger partial charge in [0, 0.05) is 0 Å². The number of hydrogen-bond acceptors (Lipinski definition) is 5. The Morgan fingerprint density at radius 2 is 1.89 bits per heavy atom. The minimum atomic E-state index is -3.27. The number of ether oxygens (including phenoxy) is 3. The monoisotopic (exact) mass is 284 g/mol. The predicted molar refractivity (Wildman–Crippen MR) is 72.5 cm³/mol. The van der Waals surface area contributed by atoms with Crippen molar-refractivity contribution in [2.75, 3.05) is 32.3 Å². The van der Waals surface area contributed by atoms with Gasteiger partial charge < -0.3 is 14.2 Å². The van der Waals surface area contributed by atoms with Crippen LogP contribution in [0.4, 0.5) is 0 Å². The van der Waals surface area contributed by atoms with E-state index in [0.29, 0.717) is 17.2 Å². The van der Waals surface area contributed by atoms with Gasteiger partial charge in [0.2, 0.25) is 5.75 Å². The second-order valence-corrected chi connectivity index (χ2v) is 5.82. The Hall–Kier alpha value is -1.87. The smallest absolute Gasteiger partial charge is 0.203 e. The first kappa shape index (κ1) is 15.2. The normalized spacial score (nSPS) is 10.6. The molecule has 6 heteroatoms. The van der Waals surface area contributed by atoms with E-state index in [1.807, 2.05) is 0 Å². The fourth-order valence-corrected chi connectivity index (χ4v) is 2.18. The summed E-state index contributed by atoms with van der Waals surface area (Å²) in [5.74, 6) is 3.06. The molecule has 5 nitrogen and oxygen atoms in total. The van der Waals surface area contributed by atoms with Crippen LogP contribution >= 0.6 is 0 Å². The van der Waals surface area contributed by atoms with Crippen LogP contribution in [-0.4, -0.2) is 40.7 Å². The third-order valence-electron chi connectivity index (χ3n) is 2.32. The van der Waals surface area contributed by atoms with Gasteiger partial charge in [-0.15, -0.1) is 6.42 Å². The van der Waals surface area contributed by atoms with Crippen LogP contribution in [0.3, 0.4) is 0 Å². The lowest BCUT2D eigenvalue weighted by atomic mass is 10.3.